The maximum Gasteiger partial charge on any atom is 0.329 e. The second kappa shape index (κ2) is 7.30. The molecule has 1 aromatic heterocycles. The van der Waals surface area contributed by atoms with Crippen LogP contribution in [0, 0.1) is 11.7 Å². The third-order valence-electron chi connectivity index (χ3n) is 5.00. The van der Waals surface area contributed by atoms with E-state index < -0.39 is 28.8 Å². The molecule has 1 aliphatic rings. The summed E-state index contributed by atoms with van der Waals surface area (Å²) in [5, 5.41) is 16.1. The van der Waals surface area contributed by atoms with Crippen molar-refractivity contribution in [2.45, 2.75) is 38.1 Å². The van der Waals surface area contributed by atoms with Crippen molar-refractivity contribution < 1.29 is 19.1 Å². The molecule has 3 rings (SSSR count). The number of nitrogens with zero attached hydrogens (tertiary/aromatic N) is 2. The van der Waals surface area contributed by atoms with E-state index in [1.54, 1.807) is 6.07 Å². The Morgan fingerprint density at radius 1 is 1.22 bits per heavy atom. The highest BCUT2D eigenvalue weighted by Gasteiger charge is 2.42. The van der Waals surface area contributed by atoms with Gasteiger partial charge in [-0.2, -0.15) is 9.78 Å². The van der Waals surface area contributed by atoms with Gasteiger partial charge in [0.15, 0.2) is 0 Å². The van der Waals surface area contributed by atoms with Gasteiger partial charge in [0, 0.05) is 6.07 Å². The van der Waals surface area contributed by atoms with Crippen LogP contribution in [0.5, 0.6) is 0 Å². The van der Waals surface area contributed by atoms with Gasteiger partial charge in [-0.05, 0) is 49.8 Å². The third-order valence-corrected chi connectivity index (χ3v) is 5.00. The fraction of sp³-hybridized carbons (Fsp3) is 0.368. The minimum absolute atomic E-state index is 0.0865. The standard InChI is InChI=1S/C19H20FN3O4/c1-12-8-10-19(11-9-12,18(26)27)21-17(25)14-6-7-16(24)23(22-14)15-5-3-2-4-13(15)20/h2-7,12H,8-11H2,1H3,(H,21,25)(H,26,27). The summed E-state index contributed by atoms with van der Waals surface area (Å²) in [6.45, 7) is 2.04. The summed E-state index contributed by atoms with van der Waals surface area (Å²) >= 11 is 0. The molecule has 2 N–H and O–H groups in total. The summed E-state index contributed by atoms with van der Waals surface area (Å²) in [4.78, 5) is 36.5. The molecule has 2 aromatic rings. The highest BCUT2D eigenvalue weighted by molar-refractivity contribution is 5.96. The molecule has 1 aliphatic carbocycles. The lowest BCUT2D eigenvalue weighted by Crippen LogP contribution is -2.56. The Kier molecular flexibility index (Phi) is 5.07. The van der Waals surface area contributed by atoms with Crippen LogP contribution in [0.15, 0.2) is 41.2 Å². The number of hydrogen-bond acceptors (Lipinski definition) is 4. The van der Waals surface area contributed by atoms with E-state index in [9.17, 15) is 23.9 Å². The van der Waals surface area contributed by atoms with Gasteiger partial charge in [-0.1, -0.05) is 19.1 Å². The van der Waals surface area contributed by atoms with Crippen molar-refractivity contribution in [3.8, 4) is 5.69 Å². The second-order valence-electron chi connectivity index (χ2n) is 6.94. The molecule has 7 nitrogen and oxygen atoms in total. The van der Waals surface area contributed by atoms with E-state index >= 15 is 0 Å². The Bertz CT molecular complexity index is 933. The fourth-order valence-corrected chi connectivity index (χ4v) is 3.26. The number of nitrogens with one attached hydrogen (secondary N) is 1. The van der Waals surface area contributed by atoms with Crippen LogP contribution in [-0.4, -0.2) is 32.3 Å². The Balaban J connectivity index is 1.91. The SMILES string of the molecule is CC1CCC(NC(=O)c2ccc(=O)n(-c3ccccc3F)n2)(C(=O)O)CC1. The van der Waals surface area contributed by atoms with Gasteiger partial charge in [-0.25, -0.2) is 9.18 Å². The van der Waals surface area contributed by atoms with Crippen molar-refractivity contribution in [2.75, 3.05) is 0 Å². The first-order valence-electron chi connectivity index (χ1n) is 8.73. The molecule has 1 heterocycles. The van der Waals surface area contributed by atoms with E-state index in [-0.39, 0.29) is 11.4 Å². The number of carbonyl (C=O) groups excluding carboxylic acids is 1. The average Bonchev–Trinajstić information content (AvgIpc) is 2.64. The van der Waals surface area contributed by atoms with Crippen molar-refractivity contribution in [3.05, 3.63) is 58.3 Å². The second-order valence-corrected chi connectivity index (χ2v) is 6.94. The van der Waals surface area contributed by atoms with Crippen LogP contribution >= 0.6 is 0 Å². The van der Waals surface area contributed by atoms with Crippen LogP contribution in [0.2, 0.25) is 0 Å². The molecule has 1 fully saturated rings. The van der Waals surface area contributed by atoms with E-state index in [0.29, 0.717) is 31.6 Å². The van der Waals surface area contributed by atoms with Crippen LogP contribution in [0.25, 0.3) is 5.69 Å². The Hall–Kier alpha value is -3.03. The van der Waals surface area contributed by atoms with Gasteiger partial charge in [0.2, 0.25) is 0 Å². The third kappa shape index (κ3) is 3.74. The zero-order valence-corrected chi connectivity index (χ0v) is 14.8. The zero-order chi connectivity index (χ0) is 19.6. The summed E-state index contributed by atoms with van der Waals surface area (Å²) in [5.74, 6) is -2.06. The van der Waals surface area contributed by atoms with Crippen LogP contribution in [0.1, 0.15) is 43.1 Å². The molecule has 0 atom stereocenters. The molecule has 0 saturated heterocycles. The number of hydrogen-bond donors (Lipinski definition) is 2. The number of benzene rings is 1. The number of aliphatic carboxylic acids is 1. The minimum atomic E-state index is -1.36. The largest absolute Gasteiger partial charge is 0.480 e. The molecule has 142 valence electrons. The van der Waals surface area contributed by atoms with Crippen molar-refractivity contribution in [1.29, 1.82) is 0 Å². The number of rotatable bonds is 4. The molecule has 8 heteroatoms. The number of carbonyl (C=O) groups is 2. The summed E-state index contributed by atoms with van der Waals surface area (Å²) in [6.07, 6.45) is 2.02. The van der Waals surface area contributed by atoms with E-state index in [1.807, 2.05) is 6.92 Å². The lowest BCUT2D eigenvalue weighted by Gasteiger charge is -2.36. The lowest BCUT2D eigenvalue weighted by molar-refractivity contribution is -0.146. The number of halogens is 1. The smallest absolute Gasteiger partial charge is 0.329 e. The predicted octanol–water partition coefficient (Wildman–Crippen LogP) is 2.13. The molecule has 0 aliphatic heterocycles. The summed E-state index contributed by atoms with van der Waals surface area (Å²) in [5.41, 5.74) is -2.20. The number of carboxylic acids is 1. The molecular weight excluding hydrogens is 353 g/mol. The highest BCUT2D eigenvalue weighted by atomic mass is 19.1. The molecule has 0 radical (unpaired) electrons. The van der Waals surface area contributed by atoms with Crippen molar-refractivity contribution in [3.63, 3.8) is 0 Å². The quantitative estimate of drug-likeness (QED) is 0.855. The maximum absolute atomic E-state index is 14.0. The van der Waals surface area contributed by atoms with Gasteiger partial charge in [0.05, 0.1) is 0 Å². The molecule has 0 spiro atoms. The van der Waals surface area contributed by atoms with E-state index in [0.717, 1.165) is 10.7 Å². The Morgan fingerprint density at radius 3 is 2.52 bits per heavy atom. The number of para-hydroxylation sites is 1. The van der Waals surface area contributed by atoms with Crippen LogP contribution < -0.4 is 10.9 Å². The molecule has 27 heavy (non-hydrogen) atoms. The first kappa shape index (κ1) is 18.8. The van der Waals surface area contributed by atoms with Crippen molar-refractivity contribution in [2.24, 2.45) is 5.92 Å². The van der Waals surface area contributed by atoms with Crippen LogP contribution in [0.3, 0.4) is 0 Å². The summed E-state index contributed by atoms with van der Waals surface area (Å²) in [6, 6.07) is 7.87. The molecule has 1 amide bonds. The van der Waals surface area contributed by atoms with Crippen molar-refractivity contribution in [1.82, 2.24) is 15.1 Å². The molecular formula is C19H20FN3O4. The lowest BCUT2D eigenvalue weighted by atomic mass is 9.77. The minimum Gasteiger partial charge on any atom is -0.480 e. The Labute approximate surface area is 154 Å². The molecule has 1 aromatic carbocycles. The first-order valence-corrected chi connectivity index (χ1v) is 8.73. The predicted molar refractivity (Wildman–Crippen MR) is 95.3 cm³/mol. The fourth-order valence-electron chi connectivity index (χ4n) is 3.26. The zero-order valence-electron chi connectivity index (χ0n) is 14.8. The van der Waals surface area contributed by atoms with E-state index in [1.165, 1.54) is 24.3 Å². The normalized spacial score (nSPS) is 22.2. The monoisotopic (exact) mass is 373 g/mol. The first-order chi connectivity index (χ1) is 12.8. The van der Waals surface area contributed by atoms with Crippen LogP contribution in [0.4, 0.5) is 4.39 Å². The Morgan fingerprint density at radius 2 is 1.89 bits per heavy atom. The van der Waals surface area contributed by atoms with E-state index in [2.05, 4.69) is 10.4 Å². The highest BCUT2D eigenvalue weighted by Crippen LogP contribution is 2.32. The van der Waals surface area contributed by atoms with Gasteiger partial charge in [0.1, 0.15) is 22.7 Å². The average molecular weight is 373 g/mol. The van der Waals surface area contributed by atoms with Gasteiger partial charge < -0.3 is 10.4 Å². The van der Waals surface area contributed by atoms with Gasteiger partial charge in [0.25, 0.3) is 11.5 Å². The van der Waals surface area contributed by atoms with Crippen molar-refractivity contribution >= 4 is 11.9 Å². The maximum atomic E-state index is 14.0. The number of carboxylic acid groups (broad SMARTS) is 1. The van der Waals surface area contributed by atoms with E-state index in [4.69, 9.17) is 0 Å². The number of amides is 1. The van der Waals surface area contributed by atoms with Crippen LogP contribution in [-0.2, 0) is 4.79 Å². The van der Waals surface area contributed by atoms with Gasteiger partial charge >= 0.3 is 5.97 Å². The van der Waals surface area contributed by atoms with Gasteiger partial charge in [-0.15, -0.1) is 0 Å². The summed E-state index contributed by atoms with van der Waals surface area (Å²) < 4.78 is 14.8. The topological polar surface area (TPSA) is 101 Å². The molecule has 0 unspecified atom stereocenters. The number of aromatic nitrogens is 2. The summed E-state index contributed by atoms with van der Waals surface area (Å²) in [7, 11) is 0. The molecule has 0 bridgehead atoms. The van der Waals surface area contributed by atoms with Gasteiger partial charge in [-0.3, -0.25) is 9.59 Å². The molecule has 1 saturated carbocycles.